The molecule has 1 fully saturated rings. The molecule has 3 aromatic heterocycles. The molecule has 0 aliphatic heterocycles. The van der Waals surface area contributed by atoms with Gasteiger partial charge in [0.25, 0.3) is 5.56 Å². The van der Waals surface area contributed by atoms with E-state index in [1.165, 1.54) is 23.3 Å². The number of hydrogen-bond donors (Lipinski definition) is 1. The van der Waals surface area contributed by atoms with E-state index in [2.05, 4.69) is 74.4 Å². The Morgan fingerprint density at radius 3 is 2.74 bits per heavy atom. The van der Waals surface area contributed by atoms with Gasteiger partial charge in [-0.1, -0.05) is 44.4 Å². The molecule has 0 unspecified atom stereocenters. The number of benzene rings is 1. The number of aromatic amines is 1. The Hall–Kier alpha value is -2.84. The van der Waals surface area contributed by atoms with Crippen molar-refractivity contribution in [1.82, 2.24) is 30.1 Å². The standard InChI is InChI=1S/C26H32N6OS/c1-17(2)24(25-28-29-30-32(25)21-7-4-5-8-21)31(16-22-9-6-12-34-22)15-20-14-19-13-18(3)10-11-23(19)27-26(20)33/h6,9-14,17,21,24H,4-5,7-8,15-16H2,1-3H3,(H,27,33)/t24-/m1/s1. The lowest BCUT2D eigenvalue weighted by Gasteiger charge is -2.33. The summed E-state index contributed by atoms with van der Waals surface area (Å²) in [6.07, 6.45) is 4.69. The third-order valence-electron chi connectivity index (χ3n) is 6.87. The maximum absolute atomic E-state index is 13.1. The predicted molar refractivity (Wildman–Crippen MR) is 136 cm³/mol. The molecule has 1 saturated carbocycles. The van der Waals surface area contributed by atoms with Gasteiger partial charge in [-0.15, -0.1) is 16.4 Å². The summed E-state index contributed by atoms with van der Waals surface area (Å²) in [7, 11) is 0. The largest absolute Gasteiger partial charge is 0.322 e. The molecule has 1 aromatic carbocycles. The maximum atomic E-state index is 13.1. The van der Waals surface area contributed by atoms with Gasteiger partial charge in [0.05, 0.1) is 12.1 Å². The lowest BCUT2D eigenvalue weighted by atomic mass is 9.99. The van der Waals surface area contributed by atoms with E-state index in [9.17, 15) is 4.79 Å². The van der Waals surface area contributed by atoms with Gasteiger partial charge in [-0.3, -0.25) is 9.69 Å². The number of nitrogens with zero attached hydrogens (tertiary/aromatic N) is 5. The molecule has 0 spiro atoms. The van der Waals surface area contributed by atoms with Crippen molar-refractivity contribution < 1.29 is 0 Å². The number of thiophene rings is 1. The normalized spacial score (nSPS) is 15.7. The van der Waals surface area contributed by atoms with Gasteiger partial charge in [-0.2, -0.15) is 0 Å². The third kappa shape index (κ3) is 4.70. The number of tetrazole rings is 1. The Labute approximate surface area is 203 Å². The summed E-state index contributed by atoms with van der Waals surface area (Å²) < 4.78 is 2.06. The highest BCUT2D eigenvalue weighted by atomic mass is 32.1. The summed E-state index contributed by atoms with van der Waals surface area (Å²) in [4.78, 5) is 19.8. The first-order valence-electron chi connectivity index (χ1n) is 12.2. The quantitative estimate of drug-likeness (QED) is 0.368. The van der Waals surface area contributed by atoms with E-state index < -0.39 is 0 Å². The van der Waals surface area contributed by atoms with Crippen LogP contribution in [0.4, 0.5) is 0 Å². The second-order valence-corrected chi connectivity index (χ2v) is 10.8. The number of H-pyrrole nitrogens is 1. The zero-order valence-corrected chi connectivity index (χ0v) is 20.9. The minimum Gasteiger partial charge on any atom is -0.322 e. The first-order chi connectivity index (χ1) is 16.5. The average molecular weight is 477 g/mol. The Morgan fingerprint density at radius 1 is 1.18 bits per heavy atom. The van der Waals surface area contributed by atoms with E-state index in [1.54, 1.807) is 11.3 Å². The molecule has 0 saturated heterocycles. The Balaban J connectivity index is 1.55. The van der Waals surface area contributed by atoms with Crippen molar-refractivity contribution in [2.24, 2.45) is 5.92 Å². The molecule has 7 nitrogen and oxygen atoms in total. The number of hydrogen-bond acceptors (Lipinski definition) is 6. The van der Waals surface area contributed by atoms with Crippen molar-refractivity contribution in [2.45, 2.75) is 71.6 Å². The molecule has 0 radical (unpaired) electrons. The van der Waals surface area contributed by atoms with Crippen molar-refractivity contribution in [3.63, 3.8) is 0 Å². The summed E-state index contributed by atoms with van der Waals surface area (Å²) in [6, 6.07) is 12.8. The van der Waals surface area contributed by atoms with Crippen LogP contribution in [0, 0.1) is 12.8 Å². The molecule has 1 atom stereocenters. The lowest BCUT2D eigenvalue weighted by molar-refractivity contribution is 0.124. The fraction of sp³-hybridized carbons (Fsp3) is 0.462. The fourth-order valence-electron chi connectivity index (χ4n) is 5.25. The predicted octanol–water partition coefficient (Wildman–Crippen LogP) is 5.40. The van der Waals surface area contributed by atoms with Crippen LogP contribution in [0.5, 0.6) is 0 Å². The van der Waals surface area contributed by atoms with E-state index in [0.717, 1.165) is 41.7 Å². The third-order valence-corrected chi connectivity index (χ3v) is 7.73. The van der Waals surface area contributed by atoms with Crippen LogP contribution in [0.3, 0.4) is 0 Å². The Bertz CT molecular complexity index is 1300. The summed E-state index contributed by atoms with van der Waals surface area (Å²) >= 11 is 1.74. The van der Waals surface area contributed by atoms with Gasteiger partial charge in [0.2, 0.25) is 0 Å². The van der Waals surface area contributed by atoms with Crippen molar-refractivity contribution in [1.29, 1.82) is 0 Å². The highest BCUT2D eigenvalue weighted by molar-refractivity contribution is 7.09. The van der Waals surface area contributed by atoms with Crippen LogP contribution in [0.2, 0.25) is 0 Å². The van der Waals surface area contributed by atoms with E-state index in [0.29, 0.717) is 12.6 Å². The van der Waals surface area contributed by atoms with Crippen LogP contribution < -0.4 is 5.56 Å². The van der Waals surface area contributed by atoms with E-state index in [1.807, 2.05) is 18.2 Å². The highest BCUT2D eigenvalue weighted by Crippen LogP contribution is 2.35. The minimum absolute atomic E-state index is 0.00898. The van der Waals surface area contributed by atoms with Gasteiger partial charge in [-0.25, -0.2) is 4.68 Å². The van der Waals surface area contributed by atoms with Gasteiger partial charge < -0.3 is 4.98 Å². The molecule has 1 aliphatic rings. The Morgan fingerprint density at radius 2 is 2.00 bits per heavy atom. The molecule has 3 heterocycles. The summed E-state index contributed by atoms with van der Waals surface area (Å²) in [5, 5.41) is 16.2. The molecule has 5 rings (SSSR count). The van der Waals surface area contributed by atoms with Gasteiger partial charge in [0.15, 0.2) is 5.82 Å². The van der Waals surface area contributed by atoms with Crippen LogP contribution in [0.1, 0.15) is 73.4 Å². The fourth-order valence-corrected chi connectivity index (χ4v) is 5.98. The topological polar surface area (TPSA) is 79.7 Å². The first-order valence-corrected chi connectivity index (χ1v) is 13.0. The molecular formula is C26H32N6OS. The van der Waals surface area contributed by atoms with E-state index in [4.69, 9.17) is 0 Å². The molecule has 8 heteroatoms. The highest BCUT2D eigenvalue weighted by Gasteiger charge is 2.32. The smallest absolute Gasteiger partial charge is 0.252 e. The second-order valence-electron chi connectivity index (χ2n) is 9.81. The number of pyridine rings is 1. The molecule has 0 amide bonds. The van der Waals surface area contributed by atoms with Gasteiger partial charge in [-0.05, 0) is 71.1 Å². The van der Waals surface area contributed by atoms with Crippen molar-refractivity contribution in [3.05, 3.63) is 74.0 Å². The SMILES string of the molecule is Cc1ccc2[nH]c(=O)c(CN(Cc3cccs3)[C@@H](c3nnnn3C3CCCC3)C(C)C)cc2c1. The first kappa shape index (κ1) is 22.9. The van der Waals surface area contributed by atoms with Gasteiger partial charge >= 0.3 is 0 Å². The van der Waals surface area contributed by atoms with E-state index >= 15 is 0 Å². The van der Waals surface area contributed by atoms with Gasteiger partial charge in [0.1, 0.15) is 0 Å². The van der Waals surface area contributed by atoms with Crippen molar-refractivity contribution >= 4 is 22.2 Å². The lowest BCUT2D eigenvalue weighted by Crippen LogP contribution is -2.35. The van der Waals surface area contributed by atoms with Crippen LogP contribution in [-0.4, -0.2) is 30.1 Å². The van der Waals surface area contributed by atoms with Gasteiger partial charge in [0, 0.05) is 29.0 Å². The number of rotatable bonds is 8. The molecule has 0 bridgehead atoms. The molecule has 4 aromatic rings. The monoisotopic (exact) mass is 476 g/mol. The number of aromatic nitrogens is 5. The van der Waals surface area contributed by atoms with Crippen LogP contribution in [-0.2, 0) is 13.1 Å². The molecule has 1 N–H and O–H groups in total. The zero-order chi connectivity index (χ0) is 23.7. The minimum atomic E-state index is -0.0366. The molecule has 178 valence electrons. The molecule has 34 heavy (non-hydrogen) atoms. The maximum Gasteiger partial charge on any atom is 0.252 e. The van der Waals surface area contributed by atoms with Crippen molar-refractivity contribution in [2.75, 3.05) is 0 Å². The van der Waals surface area contributed by atoms with Crippen molar-refractivity contribution in [3.8, 4) is 0 Å². The summed E-state index contributed by atoms with van der Waals surface area (Å²) in [6.45, 7) is 7.77. The van der Waals surface area contributed by atoms with Crippen LogP contribution in [0.15, 0.2) is 46.6 Å². The van der Waals surface area contributed by atoms with Crippen LogP contribution in [0.25, 0.3) is 10.9 Å². The average Bonchev–Trinajstić information content (AvgIpc) is 3.57. The van der Waals surface area contributed by atoms with E-state index in [-0.39, 0.29) is 17.5 Å². The Kier molecular flexibility index (Phi) is 6.61. The number of aryl methyl sites for hydroxylation is 1. The number of fused-ring (bicyclic) bond motifs is 1. The zero-order valence-electron chi connectivity index (χ0n) is 20.1. The molecule has 1 aliphatic carbocycles. The number of nitrogens with one attached hydrogen (secondary N) is 1. The summed E-state index contributed by atoms with van der Waals surface area (Å²) in [5.41, 5.74) is 2.78. The van der Waals surface area contributed by atoms with Crippen LogP contribution >= 0.6 is 11.3 Å². The molecular weight excluding hydrogens is 444 g/mol. The summed E-state index contributed by atoms with van der Waals surface area (Å²) in [5.74, 6) is 1.18. The second kappa shape index (κ2) is 9.80.